The number of furan rings is 1. The third-order valence-electron chi connectivity index (χ3n) is 4.42. The van der Waals surface area contributed by atoms with Gasteiger partial charge in [-0.05, 0) is 48.0 Å². The van der Waals surface area contributed by atoms with Crippen molar-refractivity contribution in [1.82, 2.24) is 5.32 Å². The number of nitrogens with one attached hydrogen (secondary N) is 1. The Bertz CT molecular complexity index is 1000. The van der Waals surface area contributed by atoms with Crippen molar-refractivity contribution in [2.24, 2.45) is 0 Å². The highest BCUT2D eigenvalue weighted by Gasteiger charge is 2.26. The summed E-state index contributed by atoms with van der Waals surface area (Å²) in [7, 11) is 0. The molecule has 2 aromatic carbocycles. The second-order valence-corrected chi connectivity index (χ2v) is 7.79. The topological polar surface area (TPSA) is 62.6 Å². The van der Waals surface area contributed by atoms with Gasteiger partial charge in [-0.25, -0.2) is 0 Å². The molecular formula is C21H17ClN2O3S. The molecular weight excluding hydrogens is 396 g/mol. The minimum Gasteiger partial charge on any atom is -0.467 e. The van der Waals surface area contributed by atoms with E-state index in [2.05, 4.69) is 5.32 Å². The van der Waals surface area contributed by atoms with Crippen LogP contribution in [-0.2, 0) is 17.9 Å². The van der Waals surface area contributed by atoms with Crippen molar-refractivity contribution in [3.05, 3.63) is 82.8 Å². The summed E-state index contributed by atoms with van der Waals surface area (Å²) in [4.78, 5) is 27.8. The molecule has 0 spiro atoms. The van der Waals surface area contributed by atoms with Crippen molar-refractivity contribution in [3.63, 3.8) is 0 Å². The van der Waals surface area contributed by atoms with Gasteiger partial charge in [0.2, 0.25) is 5.91 Å². The third kappa shape index (κ3) is 4.08. The molecule has 2 amide bonds. The zero-order valence-corrected chi connectivity index (χ0v) is 16.4. The maximum atomic E-state index is 12.6. The number of carbonyl (C=O) groups excluding carboxylic acids is 2. The van der Waals surface area contributed by atoms with Crippen LogP contribution in [0.4, 0.5) is 5.69 Å². The fourth-order valence-corrected chi connectivity index (χ4v) is 4.01. The van der Waals surface area contributed by atoms with Gasteiger partial charge in [-0.3, -0.25) is 9.59 Å². The normalized spacial score (nSPS) is 13.3. The molecule has 0 fully saturated rings. The van der Waals surface area contributed by atoms with Gasteiger partial charge in [-0.2, -0.15) is 0 Å². The number of rotatable bonds is 5. The number of fused-ring (bicyclic) bond motifs is 1. The summed E-state index contributed by atoms with van der Waals surface area (Å²) >= 11 is 7.44. The Morgan fingerprint density at radius 3 is 2.75 bits per heavy atom. The summed E-state index contributed by atoms with van der Waals surface area (Å²) in [5.41, 5.74) is 2.23. The second-order valence-electron chi connectivity index (χ2n) is 6.34. The molecule has 0 unspecified atom stereocenters. The zero-order chi connectivity index (χ0) is 19.5. The minimum atomic E-state index is -0.214. The first-order valence-electron chi connectivity index (χ1n) is 8.72. The summed E-state index contributed by atoms with van der Waals surface area (Å²) in [5.74, 6) is 0.862. The third-order valence-corrected chi connectivity index (χ3v) is 5.72. The van der Waals surface area contributed by atoms with E-state index in [1.807, 2.05) is 18.2 Å². The first kappa shape index (κ1) is 18.7. The maximum absolute atomic E-state index is 12.6. The highest BCUT2D eigenvalue weighted by Crippen LogP contribution is 2.37. The molecule has 1 aromatic heterocycles. The standard InChI is InChI=1S/C21H17ClN2O3S/c22-16-6-3-14(4-7-16)12-24-18-10-15(5-8-19(18)28-13-20(24)25)21(26)23-11-17-2-1-9-27-17/h1-10H,11-13H2,(H,23,26). The molecule has 0 bridgehead atoms. The number of thioether (sulfide) groups is 1. The van der Waals surface area contributed by atoms with Gasteiger partial charge in [0.05, 0.1) is 30.8 Å². The number of amides is 2. The van der Waals surface area contributed by atoms with E-state index in [0.29, 0.717) is 35.2 Å². The maximum Gasteiger partial charge on any atom is 0.251 e. The molecule has 0 aliphatic carbocycles. The van der Waals surface area contributed by atoms with Crippen LogP contribution in [0.3, 0.4) is 0 Å². The quantitative estimate of drug-likeness (QED) is 0.670. The lowest BCUT2D eigenvalue weighted by Crippen LogP contribution is -2.35. The number of halogens is 1. The van der Waals surface area contributed by atoms with Gasteiger partial charge in [-0.15, -0.1) is 11.8 Å². The molecule has 142 valence electrons. The zero-order valence-electron chi connectivity index (χ0n) is 14.9. The van der Waals surface area contributed by atoms with Crippen LogP contribution in [0.1, 0.15) is 21.7 Å². The molecule has 28 heavy (non-hydrogen) atoms. The van der Waals surface area contributed by atoms with Gasteiger partial charge in [0.15, 0.2) is 0 Å². The van der Waals surface area contributed by atoms with Gasteiger partial charge >= 0.3 is 0 Å². The number of hydrogen-bond donors (Lipinski definition) is 1. The lowest BCUT2D eigenvalue weighted by molar-refractivity contribution is -0.116. The van der Waals surface area contributed by atoms with Crippen LogP contribution in [-0.4, -0.2) is 17.6 Å². The van der Waals surface area contributed by atoms with Crippen molar-refractivity contribution in [2.45, 2.75) is 18.0 Å². The lowest BCUT2D eigenvalue weighted by Gasteiger charge is -2.29. The largest absolute Gasteiger partial charge is 0.467 e. The van der Waals surface area contributed by atoms with Gasteiger partial charge in [0, 0.05) is 15.5 Å². The molecule has 5 nitrogen and oxygen atoms in total. The Labute approximate surface area is 171 Å². The van der Waals surface area contributed by atoms with Crippen molar-refractivity contribution in [3.8, 4) is 0 Å². The lowest BCUT2D eigenvalue weighted by atomic mass is 10.1. The van der Waals surface area contributed by atoms with Crippen LogP contribution in [0.15, 0.2) is 70.2 Å². The monoisotopic (exact) mass is 412 g/mol. The predicted molar refractivity (Wildman–Crippen MR) is 110 cm³/mol. The van der Waals surface area contributed by atoms with E-state index in [9.17, 15) is 9.59 Å². The average Bonchev–Trinajstić information content (AvgIpc) is 3.23. The number of benzene rings is 2. The summed E-state index contributed by atoms with van der Waals surface area (Å²) in [6.07, 6.45) is 1.57. The summed E-state index contributed by atoms with van der Waals surface area (Å²) < 4.78 is 5.24. The molecule has 7 heteroatoms. The summed E-state index contributed by atoms with van der Waals surface area (Å²) in [5, 5.41) is 3.49. The minimum absolute atomic E-state index is 0.0144. The van der Waals surface area contributed by atoms with Crippen LogP contribution in [0, 0.1) is 0 Å². The van der Waals surface area contributed by atoms with Crippen molar-refractivity contribution in [1.29, 1.82) is 0 Å². The Kier molecular flexibility index (Phi) is 5.41. The molecule has 0 radical (unpaired) electrons. The van der Waals surface area contributed by atoms with Crippen LogP contribution >= 0.6 is 23.4 Å². The van der Waals surface area contributed by atoms with Gasteiger partial charge in [0.25, 0.3) is 5.91 Å². The van der Waals surface area contributed by atoms with E-state index in [1.54, 1.807) is 47.6 Å². The Morgan fingerprint density at radius 1 is 1.18 bits per heavy atom. The smallest absolute Gasteiger partial charge is 0.251 e. The van der Waals surface area contributed by atoms with Gasteiger partial charge in [-0.1, -0.05) is 23.7 Å². The highest BCUT2D eigenvalue weighted by atomic mass is 35.5. The van der Waals surface area contributed by atoms with E-state index in [-0.39, 0.29) is 11.8 Å². The number of carbonyl (C=O) groups is 2. The van der Waals surface area contributed by atoms with Crippen LogP contribution in [0.25, 0.3) is 0 Å². The van der Waals surface area contributed by atoms with E-state index in [1.165, 1.54) is 11.8 Å². The van der Waals surface area contributed by atoms with E-state index < -0.39 is 0 Å². The first-order chi connectivity index (χ1) is 13.6. The molecule has 2 heterocycles. The SMILES string of the molecule is O=C(NCc1ccco1)c1ccc2c(c1)N(Cc1ccc(Cl)cc1)C(=O)CS2. The number of nitrogens with zero attached hydrogens (tertiary/aromatic N) is 1. The van der Waals surface area contributed by atoms with Crippen molar-refractivity contribution < 1.29 is 14.0 Å². The molecule has 4 rings (SSSR count). The molecule has 0 atom stereocenters. The molecule has 0 saturated heterocycles. The Hall–Kier alpha value is -2.70. The molecule has 3 aromatic rings. The van der Waals surface area contributed by atoms with Gasteiger partial charge in [0.1, 0.15) is 5.76 Å². The van der Waals surface area contributed by atoms with E-state index in [4.69, 9.17) is 16.0 Å². The van der Waals surface area contributed by atoms with Crippen LogP contribution in [0.2, 0.25) is 5.02 Å². The van der Waals surface area contributed by atoms with E-state index >= 15 is 0 Å². The molecule has 1 N–H and O–H groups in total. The summed E-state index contributed by atoms with van der Waals surface area (Å²) in [6.45, 7) is 0.742. The predicted octanol–water partition coefficient (Wildman–Crippen LogP) is 4.50. The number of anilines is 1. The Balaban J connectivity index is 1.56. The molecule has 0 saturated carbocycles. The fraction of sp³-hybridized carbons (Fsp3) is 0.143. The second kappa shape index (κ2) is 8.12. The first-order valence-corrected chi connectivity index (χ1v) is 10.1. The molecule has 1 aliphatic heterocycles. The summed E-state index contributed by atoms with van der Waals surface area (Å²) in [6, 6.07) is 16.4. The van der Waals surface area contributed by atoms with Gasteiger partial charge < -0.3 is 14.6 Å². The molecule has 1 aliphatic rings. The van der Waals surface area contributed by atoms with Crippen molar-refractivity contribution in [2.75, 3.05) is 10.7 Å². The average molecular weight is 413 g/mol. The highest BCUT2D eigenvalue weighted by molar-refractivity contribution is 8.00. The van der Waals surface area contributed by atoms with Crippen LogP contribution in [0.5, 0.6) is 0 Å². The van der Waals surface area contributed by atoms with E-state index in [0.717, 1.165) is 16.1 Å². The van der Waals surface area contributed by atoms with Crippen LogP contribution < -0.4 is 10.2 Å². The fourth-order valence-electron chi connectivity index (χ4n) is 2.97. The number of hydrogen-bond acceptors (Lipinski definition) is 4. The Morgan fingerprint density at radius 2 is 2.00 bits per heavy atom. The van der Waals surface area contributed by atoms with Crippen molar-refractivity contribution >= 4 is 40.9 Å².